The van der Waals surface area contributed by atoms with Gasteiger partial charge in [0.1, 0.15) is 17.9 Å². The van der Waals surface area contributed by atoms with Gasteiger partial charge in [0.25, 0.3) is 5.56 Å². The number of benzene rings is 2. The van der Waals surface area contributed by atoms with Gasteiger partial charge in [0.2, 0.25) is 5.91 Å². The highest BCUT2D eigenvalue weighted by Gasteiger charge is 2.21. The first-order valence-electron chi connectivity index (χ1n) is 10.6. The number of carbonyl (C=O) groups is 1. The van der Waals surface area contributed by atoms with Crippen molar-refractivity contribution in [3.8, 4) is 0 Å². The Morgan fingerprint density at radius 3 is 2.42 bits per heavy atom. The van der Waals surface area contributed by atoms with Crippen molar-refractivity contribution in [1.82, 2.24) is 18.9 Å². The van der Waals surface area contributed by atoms with Crippen LogP contribution in [0.4, 0.5) is 10.1 Å². The van der Waals surface area contributed by atoms with Crippen LogP contribution in [-0.4, -0.2) is 24.8 Å². The molecule has 8 nitrogen and oxygen atoms in total. The van der Waals surface area contributed by atoms with E-state index in [0.29, 0.717) is 29.0 Å². The van der Waals surface area contributed by atoms with Crippen LogP contribution < -0.4 is 16.6 Å². The van der Waals surface area contributed by atoms with Crippen molar-refractivity contribution < 1.29 is 9.18 Å². The van der Waals surface area contributed by atoms with E-state index in [1.165, 1.54) is 33.5 Å². The van der Waals surface area contributed by atoms with E-state index in [0.717, 1.165) is 10.1 Å². The molecule has 2 aromatic heterocycles. The summed E-state index contributed by atoms with van der Waals surface area (Å²) in [6, 6.07) is 12.9. The third-order valence-electron chi connectivity index (χ3n) is 5.43. The average molecular weight is 449 g/mol. The van der Waals surface area contributed by atoms with Crippen molar-refractivity contribution in [1.29, 1.82) is 0 Å². The Bertz CT molecular complexity index is 1460. The predicted molar refractivity (Wildman–Crippen MR) is 124 cm³/mol. The molecule has 0 spiro atoms. The van der Waals surface area contributed by atoms with E-state index in [1.807, 2.05) is 32.0 Å². The van der Waals surface area contributed by atoms with Gasteiger partial charge < -0.3 is 5.32 Å². The molecule has 170 valence electrons. The molecule has 0 aliphatic heterocycles. The standard InChI is InChI=1S/C24H24FN5O3/c1-4-30-22-21(16(3)27-30)28(14-20(31)26-19-7-5-6-15(2)12-19)24(33)29(23(22)32)13-17-8-10-18(25)11-9-17/h5-12H,4,13-14H2,1-3H3,(H,26,31). The van der Waals surface area contributed by atoms with Gasteiger partial charge in [-0.15, -0.1) is 0 Å². The fraction of sp³-hybridized carbons (Fsp3) is 0.250. The topological polar surface area (TPSA) is 90.9 Å². The zero-order valence-corrected chi connectivity index (χ0v) is 18.6. The van der Waals surface area contributed by atoms with E-state index in [4.69, 9.17) is 0 Å². The van der Waals surface area contributed by atoms with Gasteiger partial charge in [-0.25, -0.2) is 9.18 Å². The summed E-state index contributed by atoms with van der Waals surface area (Å²) in [5.74, 6) is -0.814. The van der Waals surface area contributed by atoms with Gasteiger partial charge in [0.05, 0.1) is 12.2 Å². The molecule has 0 fully saturated rings. The summed E-state index contributed by atoms with van der Waals surface area (Å²) >= 11 is 0. The minimum absolute atomic E-state index is 0.0542. The molecule has 4 aromatic rings. The summed E-state index contributed by atoms with van der Waals surface area (Å²) in [5.41, 5.74) is 2.13. The maximum atomic E-state index is 13.4. The summed E-state index contributed by atoms with van der Waals surface area (Å²) in [4.78, 5) is 39.5. The van der Waals surface area contributed by atoms with E-state index >= 15 is 0 Å². The SMILES string of the molecule is CCn1nc(C)c2c1c(=O)n(Cc1ccc(F)cc1)c(=O)n2CC(=O)Nc1cccc(C)c1. The Kier molecular flexibility index (Phi) is 5.95. The Morgan fingerprint density at radius 2 is 1.76 bits per heavy atom. The van der Waals surface area contributed by atoms with Gasteiger partial charge in [-0.05, 0) is 56.2 Å². The summed E-state index contributed by atoms with van der Waals surface area (Å²) in [5, 5.41) is 7.19. The molecule has 2 heterocycles. The van der Waals surface area contributed by atoms with E-state index < -0.39 is 23.0 Å². The molecule has 0 bridgehead atoms. The molecule has 0 aliphatic carbocycles. The number of aryl methyl sites for hydroxylation is 3. The maximum absolute atomic E-state index is 13.4. The molecule has 0 aliphatic rings. The third-order valence-corrected chi connectivity index (χ3v) is 5.43. The van der Waals surface area contributed by atoms with Crippen LogP contribution in [0, 0.1) is 19.7 Å². The summed E-state index contributed by atoms with van der Waals surface area (Å²) in [7, 11) is 0. The predicted octanol–water partition coefficient (Wildman–Crippen LogP) is 2.82. The summed E-state index contributed by atoms with van der Waals surface area (Å²) in [6.45, 7) is 5.54. The van der Waals surface area contributed by atoms with E-state index in [-0.39, 0.29) is 18.6 Å². The quantitative estimate of drug-likeness (QED) is 0.490. The molecule has 0 saturated carbocycles. The molecule has 0 unspecified atom stereocenters. The lowest BCUT2D eigenvalue weighted by atomic mass is 10.2. The first-order chi connectivity index (χ1) is 15.8. The lowest BCUT2D eigenvalue weighted by Gasteiger charge is -2.13. The second-order valence-electron chi connectivity index (χ2n) is 7.90. The van der Waals surface area contributed by atoms with E-state index in [9.17, 15) is 18.8 Å². The average Bonchev–Trinajstić information content (AvgIpc) is 3.12. The third kappa shape index (κ3) is 4.34. The van der Waals surface area contributed by atoms with Crippen molar-refractivity contribution in [3.05, 3.63) is 92.0 Å². The van der Waals surface area contributed by atoms with Gasteiger partial charge in [0.15, 0.2) is 5.52 Å². The highest BCUT2D eigenvalue weighted by molar-refractivity contribution is 5.91. The molecule has 33 heavy (non-hydrogen) atoms. The number of hydrogen-bond acceptors (Lipinski definition) is 4. The molecule has 2 aromatic carbocycles. The van der Waals surface area contributed by atoms with Crippen LogP contribution in [-0.2, 0) is 24.4 Å². The zero-order chi connectivity index (χ0) is 23.7. The highest BCUT2D eigenvalue weighted by Crippen LogP contribution is 2.15. The molecule has 0 atom stereocenters. The molecular formula is C24H24FN5O3. The van der Waals surface area contributed by atoms with Gasteiger partial charge in [-0.1, -0.05) is 24.3 Å². The number of anilines is 1. The largest absolute Gasteiger partial charge is 0.332 e. The molecule has 4 rings (SSSR count). The van der Waals surface area contributed by atoms with Crippen LogP contribution in [0.2, 0.25) is 0 Å². The van der Waals surface area contributed by atoms with Gasteiger partial charge in [-0.3, -0.25) is 23.4 Å². The number of nitrogens with zero attached hydrogens (tertiary/aromatic N) is 4. The van der Waals surface area contributed by atoms with E-state index in [2.05, 4.69) is 10.4 Å². The lowest BCUT2D eigenvalue weighted by Crippen LogP contribution is -2.42. The number of halogens is 1. The molecule has 0 saturated heterocycles. The fourth-order valence-electron chi connectivity index (χ4n) is 3.92. The van der Waals surface area contributed by atoms with E-state index in [1.54, 1.807) is 13.0 Å². The normalized spacial score (nSPS) is 11.2. The Labute approximate surface area is 188 Å². The monoisotopic (exact) mass is 449 g/mol. The Balaban J connectivity index is 1.82. The fourth-order valence-corrected chi connectivity index (χ4v) is 3.92. The highest BCUT2D eigenvalue weighted by atomic mass is 19.1. The molecule has 1 N–H and O–H groups in total. The Morgan fingerprint density at radius 1 is 1.03 bits per heavy atom. The maximum Gasteiger partial charge on any atom is 0.332 e. The van der Waals surface area contributed by atoms with Crippen molar-refractivity contribution >= 4 is 22.6 Å². The number of amides is 1. The minimum atomic E-state index is -0.630. The van der Waals surface area contributed by atoms with Gasteiger partial charge >= 0.3 is 5.69 Å². The number of rotatable bonds is 6. The summed E-state index contributed by atoms with van der Waals surface area (Å²) < 4.78 is 17.2. The van der Waals surface area contributed by atoms with Gasteiger partial charge in [-0.2, -0.15) is 5.10 Å². The van der Waals surface area contributed by atoms with Crippen LogP contribution in [0.15, 0.2) is 58.1 Å². The second-order valence-corrected chi connectivity index (χ2v) is 7.90. The number of aromatic nitrogens is 4. The Hall–Kier alpha value is -4.01. The first kappa shape index (κ1) is 22.2. The van der Waals surface area contributed by atoms with Crippen molar-refractivity contribution in [2.24, 2.45) is 0 Å². The number of carbonyl (C=O) groups excluding carboxylic acids is 1. The second kappa shape index (κ2) is 8.85. The smallest absolute Gasteiger partial charge is 0.325 e. The van der Waals surface area contributed by atoms with Crippen LogP contribution in [0.5, 0.6) is 0 Å². The molecule has 9 heteroatoms. The van der Waals surface area contributed by atoms with Crippen molar-refractivity contribution in [3.63, 3.8) is 0 Å². The lowest BCUT2D eigenvalue weighted by molar-refractivity contribution is -0.116. The van der Waals surface area contributed by atoms with Crippen LogP contribution in [0.25, 0.3) is 11.0 Å². The molecule has 1 amide bonds. The first-order valence-corrected chi connectivity index (χ1v) is 10.6. The van der Waals surface area contributed by atoms with Gasteiger partial charge in [0, 0.05) is 12.2 Å². The molecular weight excluding hydrogens is 425 g/mol. The minimum Gasteiger partial charge on any atom is -0.325 e. The van der Waals surface area contributed by atoms with Crippen molar-refractivity contribution in [2.75, 3.05) is 5.32 Å². The zero-order valence-electron chi connectivity index (χ0n) is 18.6. The summed E-state index contributed by atoms with van der Waals surface area (Å²) in [6.07, 6.45) is 0. The van der Waals surface area contributed by atoms with Crippen LogP contribution in [0.1, 0.15) is 23.7 Å². The molecule has 0 radical (unpaired) electrons. The van der Waals surface area contributed by atoms with Crippen LogP contribution in [0.3, 0.4) is 0 Å². The number of hydrogen-bond donors (Lipinski definition) is 1. The van der Waals surface area contributed by atoms with Crippen LogP contribution >= 0.6 is 0 Å². The van der Waals surface area contributed by atoms with Crippen molar-refractivity contribution in [2.45, 2.75) is 40.4 Å². The number of nitrogens with one attached hydrogen (secondary N) is 1. The number of fused-ring (bicyclic) bond motifs is 1.